The monoisotopic (exact) mass is 260 g/mol. The summed E-state index contributed by atoms with van der Waals surface area (Å²) < 4.78 is 2.05. The van der Waals surface area contributed by atoms with E-state index >= 15 is 0 Å². The lowest BCUT2D eigenvalue weighted by Crippen LogP contribution is -2.29. The van der Waals surface area contributed by atoms with Gasteiger partial charge in [-0.2, -0.15) is 0 Å². The van der Waals surface area contributed by atoms with Crippen LogP contribution in [0, 0.1) is 5.92 Å². The van der Waals surface area contributed by atoms with Crippen molar-refractivity contribution in [3.8, 4) is 0 Å². The van der Waals surface area contributed by atoms with Crippen molar-refractivity contribution in [2.24, 2.45) is 18.7 Å². The third-order valence-electron chi connectivity index (χ3n) is 3.72. The van der Waals surface area contributed by atoms with Crippen LogP contribution in [0.25, 0.3) is 11.0 Å². The summed E-state index contributed by atoms with van der Waals surface area (Å²) in [4.78, 5) is 4.39. The van der Waals surface area contributed by atoms with Gasteiger partial charge in [-0.1, -0.05) is 19.4 Å². The second kappa shape index (κ2) is 6.68. The van der Waals surface area contributed by atoms with Crippen LogP contribution < -0.4 is 11.1 Å². The standard InChI is InChI=1S/C15H24N4/c1-3-12(9-16)10-17-7-6-13-4-5-15-14(8-13)18-11-19(15)2/h4-5,8,11-12,17H,3,6-7,9-10,16H2,1-2H3. The van der Waals surface area contributed by atoms with Crippen molar-refractivity contribution in [3.63, 3.8) is 0 Å². The minimum absolute atomic E-state index is 0.596. The molecular weight excluding hydrogens is 236 g/mol. The van der Waals surface area contributed by atoms with Gasteiger partial charge < -0.3 is 15.6 Å². The molecule has 104 valence electrons. The number of hydrogen-bond acceptors (Lipinski definition) is 3. The number of aryl methyl sites for hydroxylation is 1. The van der Waals surface area contributed by atoms with Crippen molar-refractivity contribution in [1.82, 2.24) is 14.9 Å². The fourth-order valence-corrected chi connectivity index (χ4v) is 2.27. The second-order valence-corrected chi connectivity index (χ2v) is 5.14. The highest BCUT2D eigenvalue weighted by Gasteiger charge is 2.03. The van der Waals surface area contributed by atoms with Gasteiger partial charge in [0.15, 0.2) is 0 Å². The SMILES string of the molecule is CCC(CN)CNCCc1ccc2c(c1)ncn2C. The van der Waals surface area contributed by atoms with Gasteiger partial charge in [-0.3, -0.25) is 0 Å². The Labute approximate surface area is 115 Å². The fraction of sp³-hybridized carbons (Fsp3) is 0.533. The highest BCUT2D eigenvalue weighted by Crippen LogP contribution is 2.14. The van der Waals surface area contributed by atoms with Gasteiger partial charge in [0, 0.05) is 7.05 Å². The Bertz CT molecular complexity index is 514. The molecule has 2 rings (SSSR count). The van der Waals surface area contributed by atoms with E-state index < -0.39 is 0 Å². The molecule has 0 fully saturated rings. The van der Waals surface area contributed by atoms with Crippen molar-refractivity contribution >= 4 is 11.0 Å². The van der Waals surface area contributed by atoms with Crippen LogP contribution >= 0.6 is 0 Å². The Balaban J connectivity index is 1.84. The minimum Gasteiger partial charge on any atom is -0.334 e. The highest BCUT2D eigenvalue weighted by atomic mass is 15.0. The van der Waals surface area contributed by atoms with Crippen LogP contribution in [0.1, 0.15) is 18.9 Å². The average molecular weight is 260 g/mol. The van der Waals surface area contributed by atoms with Gasteiger partial charge in [-0.25, -0.2) is 4.98 Å². The number of nitrogens with two attached hydrogens (primary N) is 1. The van der Waals surface area contributed by atoms with Crippen molar-refractivity contribution in [1.29, 1.82) is 0 Å². The predicted octanol–water partition coefficient (Wildman–Crippen LogP) is 1.69. The molecule has 0 saturated carbocycles. The van der Waals surface area contributed by atoms with Crippen LogP contribution in [-0.4, -0.2) is 29.2 Å². The predicted molar refractivity (Wildman–Crippen MR) is 80.1 cm³/mol. The molecule has 0 bridgehead atoms. The third kappa shape index (κ3) is 3.55. The summed E-state index contributed by atoms with van der Waals surface area (Å²) in [6, 6.07) is 6.51. The van der Waals surface area contributed by atoms with Crippen LogP contribution in [0.2, 0.25) is 0 Å². The molecule has 0 aliphatic carbocycles. The summed E-state index contributed by atoms with van der Waals surface area (Å²) in [5.41, 5.74) is 9.29. The molecule has 0 saturated heterocycles. The lowest BCUT2D eigenvalue weighted by atomic mass is 10.1. The van der Waals surface area contributed by atoms with Crippen LogP contribution in [0.5, 0.6) is 0 Å². The Hall–Kier alpha value is -1.39. The molecule has 3 N–H and O–H groups in total. The maximum Gasteiger partial charge on any atom is 0.0955 e. The van der Waals surface area contributed by atoms with E-state index in [1.807, 2.05) is 17.9 Å². The molecule has 19 heavy (non-hydrogen) atoms. The van der Waals surface area contributed by atoms with Crippen LogP contribution in [0.3, 0.4) is 0 Å². The lowest BCUT2D eigenvalue weighted by Gasteiger charge is -2.13. The average Bonchev–Trinajstić information content (AvgIpc) is 2.80. The quantitative estimate of drug-likeness (QED) is 0.745. The maximum absolute atomic E-state index is 5.69. The zero-order valence-corrected chi connectivity index (χ0v) is 11.9. The van der Waals surface area contributed by atoms with Crippen LogP contribution in [0.15, 0.2) is 24.5 Å². The molecule has 4 nitrogen and oxygen atoms in total. The van der Waals surface area contributed by atoms with Crippen molar-refractivity contribution in [3.05, 3.63) is 30.1 Å². The second-order valence-electron chi connectivity index (χ2n) is 5.14. The van der Waals surface area contributed by atoms with Crippen LogP contribution in [0.4, 0.5) is 0 Å². The first-order valence-corrected chi connectivity index (χ1v) is 7.05. The summed E-state index contributed by atoms with van der Waals surface area (Å²) in [5, 5.41) is 3.48. The summed E-state index contributed by atoms with van der Waals surface area (Å²) >= 11 is 0. The molecule has 1 unspecified atom stereocenters. The Morgan fingerprint density at radius 3 is 3.00 bits per heavy atom. The molecule has 1 aromatic heterocycles. The smallest absolute Gasteiger partial charge is 0.0955 e. The first-order chi connectivity index (χ1) is 9.24. The molecule has 4 heteroatoms. The van der Waals surface area contributed by atoms with E-state index in [-0.39, 0.29) is 0 Å². The number of aromatic nitrogens is 2. The minimum atomic E-state index is 0.596. The van der Waals surface area contributed by atoms with Gasteiger partial charge in [0.2, 0.25) is 0 Å². The Morgan fingerprint density at radius 2 is 2.26 bits per heavy atom. The molecule has 1 heterocycles. The molecule has 0 spiro atoms. The molecule has 1 atom stereocenters. The normalized spacial score (nSPS) is 13.0. The number of benzene rings is 1. The zero-order valence-electron chi connectivity index (χ0n) is 11.9. The number of nitrogens with zero attached hydrogens (tertiary/aromatic N) is 2. The number of nitrogens with one attached hydrogen (secondary N) is 1. The molecule has 0 radical (unpaired) electrons. The van der Waals surface area contributed by atoms with E-state index in [4.69, 9.17) is 5.73 Å². The van der Waals surface area contributed by atoms with Gasteiger partial charge in [0.25, 0.3) is 0 Å². The largest absolute Gasteiger partial charge is 0.334 e. The number of fused-ring (bicyclic) bond motifs is 1. The highest BCUT2D eigenvalue weighted by molar-refractivity contribution is 5.75. The van der Waals surface area contributed by atoms with Gasteiger partial charge in [0.1, 0.15) is 0 Å². The van der Waals surface area contributed by atoms with Gasteiger partial charge in [0.05, 0.1) is 17.4 Å². The zero-order chi connectivity index (χ0) is 13.7. The first kappa shape index (κ1) is 14.0. The van der Waals surface area contributed by atoms with E-state index in [1.54, 1.807) is 0 Å². The van der Waals surface area contributed by atoms with E-state index in [0.29, 0.717) is 5.92 Å². The number of imidazole rings is 1. The van der Waals surface area contributed by atoms with Crippen LogP contribution in [-0.2, 0) is 13.5 Å². The van der Waals surface area contributed by atoms with Gasteiger partial charge >= 0.3 is 0 Å². The maximum atomic E-state index is 5.69. The van der Waals surface area contributed by atoms with Gasteiger partial charge in [-0.05, 0) is 49.7 Å². The van der Waals surface area contributed by atoms with E-state index in [2.05, 4.69) is 35.4 Å². The summed E-state index contributed by atoms with van der Waals surface area (Å²) in [5.74, 6) is 0.596. The summed E-state index contributed by atoms with van der Waals surface area (Å²) in [6.45, 7) is 4.96. The van der Waals surface area contributed by atoms with Gasteiger partial charge in [-0.15, -0.1) is 0 Å². The topological polar surface area (TPSA) is 55.9 Å². The third-order valence-corrected chi connectivity index (χ3v) is 3.72. The molecule has 0 amide bonds. The molecular formula is C15H24N4. The van der Waals surface area contributed by atoms with E-state index in [1.165, 1.54) is 11.1 Å². The van der Waals surface area contributed by atoms with Crippen molar-refractivity contribution < 1.29 is 0 Å². The van der Waals surface area contributed by atoms with E-state index in [0.717, 1.165) is 38.0 Å². The molecule has 1 aromatic carbocycles. The lowest BCUT2D eigenvalue weighted by molar-refractivity contribution is 0.474. The first-order valence-electron chi connectivity index (χ1n) is 7.05. The molecule has 0 aliphatic heterocycles. The Morgan fingerprint density at radius 1 is 1.42 bits per heavy atom. The molecule has 2 aromatic rings. The summed E-state index contributed by atoms with van der Waals surface area (Å²) in [7, 11) is 2.02. The van der Waals surface area contributed by atoms with Crippen molar-refractivity contribution in [2.75, 3.05) is 19.6 Å². The number of hydrogen-bond donors (Lipinski definition) is 2. The van der Waals surface area contributed by atoms with E-state index in [9.17, 15) is 0 Å². The fourth-order valence-electron chi connectivity index (χ4n) is 2.27. The van der Waals surface area contributed by atoms with Crippen molar-refractivity contribution in [2.45, 2.75) is 19.8 Å². The summed E-state index contributed by atoms with van der Waals surface area (Å²) in [6.07, 6.45) is 4.04. The number of rotatable bonds is 7. The Kier molecular flexibility index (Phi) is 4.93. The molecule has 0 aliphatic rings.